The molecule has 7 nitrogen and oxygen atoms in total. The molecule has 0 unspecified atom stereocenters. The Bertz CT molecular complexity index is 976. The monoisotopic (exact) mass is 410 g/mol. The van der Waals surface area contributed by atoms with Crippen molar-refractivity contribution in [3.8, 4) is 0 Å². The zero-order valence-electron chi connectivity index (χ0n) is 17.9. The van der Waals surface area contributed by atoms with E-state index in [0.29, 0.717) is 13.0 Å². The minimum Gasteiger partial charge on any atom is -0.357 e. The van der Waals surface area contributed by atoms with Crippen molar-refractivity contribution in [2.45, 2.75) is 45.1 Å². The number of imide groups is 1. The number of para-hydroxylation sites is 1. The van der Waals surface area contributed by atoms with Crippen LogP contribution in [0, 0.1) is 0 Å². The van der Waals surface area contributed by atoms with Crippen LogP contribution in [0.2, 0.25) is 0 Å². The summed E-state index contributed by atoms with van der Waals surface area (Å²) in [5.41, 5.74) is 2.68. The predicted octanol–water partition coefficient (Wildman–Crippen LogP) is 2.03. The molecule has 7 heteroatoms. The quantitative estimate of drug-likeness (QED) is 0.458. The molecule has 2 heterocycles. The van der Waals surface area contributed by atoms with Crippen LogP contribution >= 0.6 is 0 Å². The molecule has 3 N–H and O–H groups in total. The lowest BCUT2D eigenvalue weighted by Crippen LogP contribution is -2.59. The Hall–Kier alpha value is -2.93. The number of carbonyl (C=O) groups is 3. The summed E-state index contributed by atoms with van der Waals surface area (Å²) in [6.07, 6.45) is 3.13. The fourth-order valence-electron chi connectivity index (χ4n) is 3.81. The van der Waals surface area contributed by atoms with Gasteiger partial charge >= 0.3 is 11.8 Å². The molecular weight excluding hydrogens is 380 g/mol. The van der Waals surface area contributed by atoms with Crippen molar-refractivity contribution in [2.24, 2.45) is 0 Å². The van der Waals surface area contributed by atoms with E-state index in [4.69, 9.17) is 0 Å². The van der Waals surface area contributed by atoms with Crippen LogP contribution in [-0.2, 0) is 26.2 Å². The SMILES string of the molecule is C=CC(C)(C)c1[nH]c2ccccc2c1C[C@H](NCCC)C(=O)N1CCNC(=O)C1=O. The van der Waals surface area contributed by atoms with Gasteiger partial charge < -0.3 is 15.6 Å². The lowest BCUT2D eigenvalue weighted by molar-refractivity contribution is -0.155. The third-order valence-corrected chi connectivity index (χ3v) is 5.64. The van der Waals surface area contributed by atoms with Crippen LogP contribution < -0.4 is 10.6 Å². The van der Waals surface area contributed by atoms with E-state index < -0.39 is 17.9 Å². The number of nitrogens with zero attached hydrogens (tertiary/aromatic N) is 1. The Morgan fingerprint density at radius 2 is 2.07 bits per heavy atom. The maximum Gasteiger partial charge on any atom is 0.318 e. The summed E-state index contributed by atoms with van der Waals surface area (Å²) in [6, 6.07) is 7.37. The van der Waals surface area contributed by atoms with E-state index in [1.165, 1.54) is 0 Å². The smallest absolute Gasteiger partial charge is 0.318 e. The molecule has 30 heavy (non-hydrogen) atoms. The molecule has 160 valence electrons. The Kier molecular flexibility index (Phi) is 6.41. The van der Waals surface area contributed by atoms with Gasteiger partial charge in [-0.1, -0.05) is 45.0 Å². The van der Waals surface area contributed by atoms with Gasteiger partial charge in [-0.05, 0) is 31.0 Å². The van der Waals surface area contributed by atoms with E-state index in [2.05, 4.69) is 36.0 Å². The second kappa shape index (κ2) is 8.83. The molecule has 0 radical (unpaired) electrons. The Morgan fingerprint density at radius 1 is 1.33 bits per heavy atom. The van der Waals surface area contributed by atoms with Gasteiger partial charge in [-0.15, -0.1) is 6.58 Å². The largest absolute Gasteiger partial charge is 0.357 e. The Labute approximate surface area is 176 Å². The van der Waals surface area contributed by atoms with Crippen molar-refractivity contribution in [2.75, 3.05) is 19.6 Å². The first-order valence-electron chi connectivity index (χ1n) is 10.4. The van der Waals surface area contributed by atoms with Crippen LogP contribution in [0.15, 0.2) is 36.9 Å². The topological polar surface area (TPSA) is 94.3 Å². The normalized spacial score (nSPS) is 15.9. The van der Waals surface area contributed by atoms with Crippen LogP contribution in [0.1, 0.15) is 38.4 Å². The highest BCUT2D eigenvalue weighted by molar-refractivity contribution is 6.38. The molecule has 1 aliphatic rings. The summed E-state index contributed by atoms with van der Waals surface area (Å²) < 4.78 is 0. The maximum atomic E-state index is 13.3. The molecule has 1 aromatic carbocycles. The van der Waals surface area contributed by atoms with Crippen molar-refractivity contribution < 1.29 is 14.4 Å². The summed E-state index contributed by atoms with van der Waals surface area (Å²) >= 11 is 0. The number of amides is 3. The van der Waals surface area contributed by atoms with Crippen LogP contribution in [0.4, 0.5) is 0 Å². The van der Waals surface area contributed by atoms with Crippen LogP contribution in [0.5, 0.6) is 0 Å². The number of aromatic amines is 1. The molecule has 0 spiro atoms. The molecule has 0 saturated carbocycles. The summed E-state index contributed by atoms with van der Waals surface area (Å²) in [7, 11) is 0. The molecule has 1 fully saturated rings. The first-order valence-corrected chi connectivity index (χ1v) is 10.4. The van der Waals surface area contributed by atoms with Crippen molar-refractivity contribution in [3.63, 3.8) is 0 Å². The minimum absolute atomic E-state index is 0.187. The van der Waals surface area contributed by atoms with E-state index in [-0.39, 0.29) is 24.4 Å². The molecule has 1 aromatic heterocycles. The number of aromatic nitrogens is 1. The highest BCUT2D eigenvalue weighted by atomic mass is 16.2. The van der Waals surface area contributed by atoms with Crippen molar-refractivity contribution in [3.05, 3.63) is 48.2 Å². The van der Waals surface area contributed by atoms with E-state index in [1.807, 2.05) is 37.3 Å². The fraction of sp³-hybridized carbons (Fsp3) is 0.435. The van der Waals surface area contributed by atoms with Crippen LogP contribution in [0.3, 0.4) is 0 Å². The number of piperazine rings is 1. The fourth-order valence-corrected chi connectivity index (χ4v) is 3.81. The zero-order chi connectivity index (χ0) is 21.9. The van der Waals surface area contributed by atoms with E-state index in [0.717, 1.165) is 33.5 Å². The average Bonchev–Trinajstić information content (AvgIpc) is 3.12. The van der Waals surface area contributed by atoms with Crippen molar-refractivity contribution in [1.29, 1.82) is 0 Å². The second-order valence-corrected chi connectivity index (χ2v) is 8.21. The van der Waals surface area contributed by atoms with Crippen LogP contribution in [-0.4, -0.2) is 53.3 Å². The van der Waals surface area contributed by atoms with Gasteiger partial charge in [0.15, 0.2) is 0 Å². The van der Waals surface area contributed by atoms with Gasteiger partial charge in [0, 0.05) is 35.1 Å². The zero-order valence-corrected chi connectivity index (χ0v) is 17.9. The third kappa shape index (κ3) is 4.16. The second-order valence-electron chi connectivity index (χ2n) is 8.21. The Balaban J connectivity index is 2.01. The number of nitrogens with one attached hydrogen (secondary N) is 3. The number of allylic oxidation sites excluding steroid dienone is 1. The molecule has 3 rings (SSSR count). The van der Waals surface area contributed by atoms with Gasteiger partial charge in [-0.2, -0.15) is 0 Å². The van der Waals surface area contributed by atoms with Gasteiger partial charge in [0.25, 0.3) is 0 Å². The minimum atomic E-state index is -0.792. The average molecular weight is 411 g/mol. The van der Waals surface area contributed by atoms with Gasteiger partial charge in [-0.3, -0.25) is 19.3 Å². The first-order chi connectivity index (χ1) is 14.3. The molecule has 3 amide bonds. The summed E-state index contributed by atoms with van der Waals surface area (Å²) in [5, 5.41) is 6.82. The first kappa shape index (κ1) is 21.8. The molecule has 0 bridgehead atoms. The number of fused-ring (bicyclic) bond motifs is 1. The highest BCUT2D eigenvalue weighted by Crippen LogP contribution is 2.33. The standard InChI is InChI=1S/C23H30N4O3/c1-5-11-24-18(21(29)27-13-12-25-20(28)22(27)30)14-16-15-9-7-8-10-17(15)26-19(16)23(3,4)6-2/h6-10,18,24,26H,2,5,11-14H2,1,3-4H3,(H,25,28)/t18-/m0/s1. The maximum absolute atomic E-state index is 13.3. The van der Waals surface area contributed by atoms with Gasteiger partial charge in [-0.25, -0.2) is 0 Å². The van der Waals surface area contributed by atoms with Crippen LogP contribution in [0.25, 0.3) is 10.9 Å². The number of hydrogen-bond donors (Lipinski definition) is 3. The molecule has 2 aromatic rings. The van der Waals surface area contributed by atoms with E-state index in [9.17, 15) is 14.4 Å². The van der Waals surface area contributed by atoms with Crippen molar-refractivity contribution in [1.82, 2.24) is 20.5 Å². The predicted molar refractivity (Wildman–Crippen MR) is 117 cm³/mol. The molecule has 1 atom stereocenters. The molecule has 1 saturated heterocycles. The van der Waals surface area contributed by atoms with Gasteiger partial charge in [0.1, 0.15) is 0 Å². The molecule has 1 aliphatic heterocycles. The number of H-pyrrole nitrogens is 1. The number of carbonyl (C=O) groups excluding carboxylic acids is 3. The lowest BCUT2D eigenvalue weighted by Gasteiger charge is -2.29. The molecular formula is C23H30N4O3. The van der Waals surface area contributed by atoms with Crippen molar-refractivity contribution >= 4 is 28.6 Å². The number of rotatable bonds is 8. The van der Waals surface area contributed by atoms with E-state index >= 15 is 0 Å². The summed E-state index contributed by atoms with van der Waals surface area (Å²) in [4.78, 5) is 41.9. The van der Waals surface area contributed by atoms with Gasteiger partial charge in [0.05, 0.1) is 6.04 Å². The van der Waals surface area contributed by atoms with Gasteiger partial charge in [0.2, 0.25) is 5.91 Å². The lowest BCUT2D eigenvalue weighted by atomic mass is 9.85. The number of benzene rings is 1. The third-order valence-electron chi connectivity index (χ3n) is 5.64. The highest BCUT2D eigenvalue weighted by Gasteiger charge is 2.36. The van der Waals surface area contributed by atoms with E-state index in [1.54, 1.807) is 0 Å². The number of hydrogen-bond acceptors (Lipinski definition) is 4. The summed E-state index contributed by atoms with van der Waals surface area (Å²) in [6.45, 7) is 11.2. The summed E-state index contributed by atoms with van der Waals surface area (Å²) in [5.74, 6) is -1.89. The molecule has 0 aliphatic carbocycles. The Morgan fingerprint density at radius 3 is 2.77 bits per heavy atom.